The Bertz CT molecular complexity index is 628. The van der Waals surface area contributed by atoms with Gasteiger partial charge in [-0.25, -0.2) is 4.39 Å². The first-order valence-corrected chi connectivity index (χ1v) is 6.86. The lowest BCUT2D eigenvalue weighted by molar-refractivity contribution is -0.129. The molecule has 0 radical (unpaired) electrons. The van der Waals surface area contributed by atoms with Crippen LogP contribution in [0.1, 0.15) is 16.7 Å². The monoisotopic (exact) mass is 286 g/mol. The van der Waals surface area contributed by atoms with Gasteiger partial charge < -0.3 is 10.6 Å². The van der Waals surface area contributed by atoms with Crippen molar-refractivity contribution in [1.82, 2.24) is 4.90 Å². The first kappa shape index (κ1) is 15.2. The van der Waals surface area contributed by atoms with Crippen LogP contribution in [0.4, 0.5) is 4.39 Å². The van der Waals surface area contributed by atoms with E-state index in [0.717, 1.165) is 11.1 Å². The molecule has 4 heteroatoms. The van der Waals surface area contributed by atoms with Crippen LogP contribution in [0.15, 0.2) is 48.5 Å². The van der Waals surface area contributed by atoms with Crippen LogP contribution in [0, 0.1) is 5.82 Å². The first-order chi connectivity index (χ1) is 10.1. The van der Waals surface area contributed by atoms with E-state index in [9.17, 15) is 9.18 Å². The highest BCUT2D eigenvalue weighted by atomic mass is 19.1. The number of carbonyl (C=O) groups is 1. The minimum absolute atomic E-state index is 0.0635. The first-order valence-electron chi connectivity index (χ1n) is 6.86. The summed E-state index contributed by atoms with van der Waals surface area (Å²) >= 11 is 0. The van der Waals surface area contributed by atoms with E-state index >= 15 is 0 Å². The van der Waals surface area contributed by atoms with Crippen molar-refractivity contribution in [3.63, 3.8) is 0 Å². The van der Waals surface area contributed by atoms with Gasteiger partial charge in [0.1, 0.15) is 5.82 Å². The van der Waals surface area contributed by atoms with Gasteiger partial charge in [-0.1, -0.05) is 42.5 Å². The van der Waals surface area contributed by atoms with Crippen LogP contribution in [0.5, 0.6) is 0 Å². The molecule has 0 saturated carbocycles. The van der Waals surface area contributed by atoms with Gasteiger partial charge in [-0.05, 0) is 22.8 Å². The van der Waals surface area contributed by atoms with Gasteiger partial charge >= 0.3 is 0 Å². The molecule has 3 nitrogen and oxygen atoms in total. The Morgan fingerprint density at radius 2 is 1.62 bits per heavy atom. The third-order valence-corrected chi connectivity index (χ3v) is 3.47. The number of carbonyl (C=O) groups excluding carboxylic acids is 1. The number of hydrogen-bond acceptors (Lipinski definition) is 2. The summed E-state index contributed by atoms with van der Waals surface area (Å²) in [6, 6.07) is 14.1. The van der Waals surface area contributed by atoms with E-state index in [4.69, 9.17) is 5.73 Å². The van der Waals surface area contributed by atoms with Crippen LogP contribution < -0.4 is 5.73 Å². The fourth-order valence-corrected chi connectivity index (χ4v) is 2.19. The average molecular weight is 286 g/mol. The fraction of sp³-hybridized carbons (Fsp3) is 0.235. The SMILES string of the molecule is CN(Cc1ccccc1CN)C(=O)Cc1ccccc1F. The Morgan fingerprint density at radius 1 is 1.05 bits per heavy atom. The normalized spacial score (nSPS) is 10.4. The van der Waals surface area contributed by atoms with Crippen LogP contribution in [0.3, 0.4) is 0 Å². The molecule has 110 valence electrons. The van der Waals surface area contributed by atoms with Gasteiger partial charge in [-0.3, -0.25) is 4.79 Å². The van der Waals surface area contributed by atoms with Crippen molar-refractivity contribution in [2.45, 2.75) is 19.5 Å². The molecule has 0 unspecified atom stereocenters. The van der Waals surface area contributed by atoms with E-state index in [0.29, 0.717) is 18.7 Å². The summed E-state index contributed by atoms with van der Waals surface area (Å²) in [6.07, 6.45) is 0.0635. The molecule has 2 N–H and O–H groups in total. The Morgan fingerprint density at radius 3 is 2.24 bits per heavy atom. The van der Waals surface area contributed by atoms with Crippen molar-refractivity contribution in [1.29, 1.82) is 0 Å². The second-order valence-electron chi connectivity index (χ2n) is 4.99. The lowest BCUT2D eigenvalue weighted by Gasteiger charge is -2.19. The Balaban J connectivity index is 2.05. The topological polar surface area (TPSA) is 46.3 Å². The number of halogens is 1. The van der Waals surface area contributed by atoms with Crippen LogP contribution in [0.2, 0.25) is 0 Å². The Labute approximate surface area is 124 Å². The molecule has 0 bridgehead atoms. The number of likely N-dealkylation sites (N-methyl/N-ethyl adjacent to an activating group) is 1. The lowest BCUT2D eigenvalue weighted by Crippen LogP contribution is -2.28. The van der Waals surface area contributed by atoms with Crippen molar-refractivity contribution in [3.8, 4) is 0 Å². The highest BCUT2D eigenvalue weighted by Crippen LogP contribution is 2.13. The summed E-state index contributed by atoms with van der Waals surface area (Å²) in [5.74, 6) is -0.464. The highest BCUT2D eigenvalue weighted by molar-refractivity contribution is 5.78. The third kappa shape index (κ3) is 3.89. The maximum Gasteiger partial charge on any atom is 0.227 e. The zero-order valence-corrected chi connectivity index (χ0v) is 12.1. The van der Waals surface area contributed by atoms with Crippen molar-refractivity contribution < 1.29 is 9.18 Å². The van der Waals surface area contributed by atoms with Crippen LogP contribution in [-0.2, 0) is 24.3 Å². The number of benzene rings is 2. The van der Waals surface area contributed by atoms with E-state index in [1.165, 1.54) is 6.07 Å². The minimum atomic E-state index is -0.346. The zero-order valence-electron chi connectivity index (χ0n) is 12.1. The summed E-state index contributed by atoms with van der Waals surface area (Å²) < 4.78 is 13.6. The largest absolute Gasteiger partial charge is 0.341 e. The van der Waals surface area contributed by atoms with Gasteiger partial charge in [0, 0.05) is 20.1 Å². The summed E-state index contributed by atoms with van der Waals surface area (Å²) in [6.45, 7) is 0.909. The van der Waals surface area contributed by atoms with Crippen LogP contribution in [0.25, 0.3) is 0 Å². The van der Waals surface area contributed by atoms with E-state index in [2.05, 4.69) is 0 Å². The van der Waals surface area contributed by atoms with Crippen LogP contribution in [-0.4, -0.2) is 17.9 Å². The number of amides is 1. The van der Waals surface area contributed by atoms with Gasteiger partial charge in [0.05, 0.1) is 6.42 Å². The van der Waals surface area contributed by atoms with Crippen LogP contribution >= 0.6 is 0 Å². The molecule has 21 heavy (non-hydrogen) atoms. The molecule has 0 atom stereocenters. The molecule has 0 saturated heterocycles. The molecular weight excluding hydrogens is 267 g/mol. The summed E-state index contributed by atoms with van der Waals surface area (Å²) in [5.41, 5.74) is 8.15. The Kier molecular flexibility index (Phi) is 5.06. The maximum absolute atomic E-state index is 13.6. The molecule has 2 aromatic rings. The van der Waals surface area contributed by atoms with Crippen molar-refractivity contribution in [2.75, 3.05) is 7.05 Å². The quantitative estimate of drug-likeness (QED) is 0.918. The Hall–Kier alpha value is -2.20. The molecule has 0 heterocycles. The second-order valence-corrected chi connectivity index (χ2v) is 4.99. The van der Waals surface area contributed by atoms with E-state index < -0.39 is 0 Å². The van der Waals surface area contributed by atoms with Crippen molar-refractivity contribution in [3.05, 3.63) is 71.0 Å². The molecule has 0 spiro atoms. The standard InChI is InChI=1S/C17H19FN2O/c1-20(12-15-8-3-2-7-14(15)11-19)17(21)10-13-6-4-5-9-16(13)18/h2-9H,10-12,19H2,1H3. The molecule has 0 fully saturated rings. The van der Waals surface area contributed by atoms with Crippen molar-refractivity contribution in [2.24, 2.45) is 5.73 Å². The van der Waals surface area contributed by atoms with Crippen molar-refractivity contribution >= 4 is 5.91 Å². The predicted octanol–water partition coefficient (Wildman–Crippen LogP) is 2.49. The minimum Gasteiger partial charge on any atom is -0.341 e. The molecule has 2 aromatic carbocycles. The zero-order chi connectivity index (χ0) is 15.2. The summed E-state index contributed by atoms with van der Waals surface area (Å²) in [4.78, 5) is 13.8. The molecular formula is C17H19FN2O. The van der Waals surface area contributed by atoms with Gasteiger partial charge in [0.25, 0.3) is 0 Å². The molecule has 1 amide bonds. The van der Waals surface area contributed by atoms with Gasteiger partial charge in [0.15, 0.2) is 0 Å². The predicted molar refractivity (Wildman–Crippen MR) is 80.9 cm³/mol. The van der Waals surface area contributed by atoms with E-state index in [1.54, 1.807) is 30.1 Å². The molecule has 0 aliphatic carbocycles. The van der Waals surface area contributed by atoms with E-state index in [1.807, 2.05) is 24.3 Å². The molecule has 2 rings (SSSR count). The molecule has 0 aliphatic heterocycles. The second kappa shape index (κ2) is 6.99. The molecule has 0 aromatic heterocycles. The van der Waals surface area contributed by atoms with Gasteiger partial charge in [-0.2, -0.15) is 0 Å². The summed E-state index contributed by atoms with van der Waals surface area (Å²) in [5, 5.41) is 0. The third-order valence-electron chi connectivity index (χ3n) is 3.47. The number of nitrogens with zero attached hydrogens (tertiary/aromatic N) is 1. The maximum atomic E-state index is 13.6. The fourth-order valence-electron chi connectivity index (χ4n) is 2.19. The lowest BCUT2D eigenvalue weighted by atomic mass is 10.1. The smallest absolute Gasteiger partial charge is 0.227 e. The number of rotatable bonds is 5. The summed E-state index contributed by atoms with van der Waals surface area (Å²) in [7, 11) is 1.72. The highest BCUT2D eigenvalue weighted by Gasteiger charge is 2.13. The number of hydrogen-bond donors (Lipinski definition) is 1. The van der Waals surface area contributed by atoms with E-state index in [-0.39, 0.29) is 18.1 Å². The average Bonchev–Trinajstić information content (AvgIpc) is 2.50. The van der Waals surface area contributed by atoms with Gasteiger partial charge in [0.2, 0.25) is 5.91 Å². The number of nitrogens with two attached hydrogens (primary N) is 1. The molecule has 0 aliphatic rings. The van der Waals surface area contributed by atoms with Gasteiger partial charge in [-0.15, -0.1) is 0 Å².